The fourth-order valence-electron chi connectivity index (χ4n) is 1.33. The minimum absolute atomic E-state index is 0.213. The summed E-state index contributed by atoms with van der Waals surface area (Å²) in [6, 6.07) is 0. The normalized spacial score (nSPS) is 17.0. The largest absolute Gasteiger partial charge is 0.514 e. The molecule has 6 heteroatoms. The van der Waals surface area contributed by atoms with Gasteiger partial charge in [-0.2, -0.15) is 0 Å². The Balaban J connectivity index is 2.11. The van der Waals surface area contributed by atoms with Crippen LogP contribution < -0.4 is 5.43 Å². The van der Waals surface area contributed by atoms with Crippen molar-refractivity contribution in [2.45, 2.75) is 20.0 Å². The van der Waals surface area contributed by atoms with Crippen molar-refractivity contribution in [2.24, 2.45) is 4.99 Å². The van der Waals surface area contributed by atoms with Crippen LogP contribution in [0.2, 0.25) is 0 Å². The average molecular weight is 235 g/mol. The van der Waals surface area contributed by atoms with Crippen molar-refractivity contribution in [1.29, 1.82) is 0 Å². The van der Waals surface area contributed by atoms with E-state index >= 15 is 0 Å². The number of ether oxygens (including phenoxy) is 2. The molecule has 17 heavy (non-hydrogen) atoms. The first kappa shape index (κ1) is 11.3. The molecule has 2 aliphatic rings. The van der Waals surface area contributed by atoms with Crippen molar-refractivity contribution in [2.75, 3.05) is 0 Å². The Kier molecular flexibility index (Phi) is 3.13. The molecule has 0 spiro atoms. The summed E-state index contributed by atoms with van der Waals surface area (Å²) < 4.78 is 10.00. The highest BCUT2D eigenvalue weighted by Crippen LogP contribution is 2.17. The van der Waals surface area contributed by atoms with Crippen LogP contribution in [0, 0.1) is 0 Å². The van der Waals surface area contributed by atoms with Crippen molar-refractivity contribution >= 4 is 12.4 Å². The Bertz CT molecular complexity index is 435. The number of hydrogen-bond acceptors (Lipinski definition) is 6. The molecule has 1 N–H and O–H groups in total. The summed E-state index contributed by atoms with van der Waals surface area (Å²) in [5, 5.41) is 1.69. The van der Waals surface area contributed by atoms with Gasteiger partial charge in [0.25, 0.3) is 0 Å². The molecule has 0 atom stereocenters. The smallest absolute Gasteiger partial charge is 0.431 e. The van der Waals surface area contributed by atoms with Gasteiger partial charge in [-0.15, -0.1) is 0 Å². The van der Waals surface area contributed by atoms with E-state index in [9.17, 15) is 4.79 Å². The standard InChI is InChI=1S/C11H13N3O3/c1-8(2)16-11(15)17-10-3-4-13-14-6-5-12-7-9(10)14/h3-8,13H,1-2H3. The van der Waals surface area contributed by atoms with E-state index in [2.05, 4.69) is 10.4 Å². The second-order valence-electron chi connectivity index (χ2n) is 3.68. The number of nitrogens with one attached hydrogen (secondary N) is 1. The second-order valence-corrected chi connectivity index (χ2v) is 3.68. The minimum Gasteiger partial charge on any atom is -0.431 e. The van der Waals surface area contributed by atoms with E-state index in [-0.39, 0.29) is 6.10 Å². The van der Waals surface area contributed by atoms with Gasteiger partial charge in [0.1, 0.15) is 5.70 Å². The molecule has 2 rings (SSSR count). The molecule has 0 aliphatic carbocycles. The number of carbonyl (C=O) groups excluding carboxylic acids is 1. The third-order valence-corrected chi connectivity index (χ3v) is 1.98. The highest BCUT2D eigenvalue weighted by Gasteiger charge is 2.19. The lowest BCUT2D eigenvalue weighted by molar-refractivity contribution is 0.0539. The summed E-state index contributed by atoms with van der Waals surface area (Å²) in [5.74, 6) is 0.391. The van der Waals surface area contributed by atoms with E-state index in [4.69, 9.17) is 9.47 Å². The summed E-state index contributed by atoms with van der Waals surface area (Å²) in [4.78, 5) is 15.4. The molecule has 0 fully saturated rings. The molecule has 0 unspecified atom stereocenters. The lowest BCUT2D eigenvalue weighted by Gasteiger charge is -2.26. The third kappa shape index (κ3) is 2.66. The maximum absolute atomic E-state index is 11.4. The van der Waals surface area contributed by atoms with Crippen LogP contribution in [0.1, 0.15) is 13.8 Å². The number of aliphatic imine (C=N–C) groups is 1. The van der Waals surface area contributed by atoms with Crippen LogP contribution in [0.25, 0.3) is 0 Å². The zero-order chi connectivity index (χ0) is 12.3. The first-order chi connectivity index (χ1) is 8.16. The summed E-state index contributed by atoms with van der Waals surface area (Å²) in [5.41, 5.74) is 3.60. The maximum Gasteiger partial charge on any atom is 0.514 e. The van der Waals surface area contributed by atoms with Gasteiger partial charge in [0.05, 0.1) is 12.3 Å². The number of rotatable bonds is 2. The first-order valence-electron chi connectivity index (χ1n) is 5.21. The molecular weight excluding hydrogens is 222 g/mol. The van der Waals surface area contributed by atoms with Gasteiger partial charge in [0.2, 0.25) is 0 Å². The molecule has 0 aromatic heterocycles. The lowest BCUT2D eigenvalue weighted by Crippen LogP contribution is -2.34. The number of carbonyl (C=O) groups is 1. The fraction of sp³-hybridized carbons (Fsp3) is 0.273. The van der Waals surface area contributed by atoms with E-state index in [0.29, 0.717) is 11.5 Å². The topological polar surface area (TPSA) is 63.2 Å². The number of hydrazine groups is 1. The Morgan fingerprint density at radius 1 is 1.53 bits per heavy atom. The molecule has 0 aromatic carbocycles. The molecule has 0 saturated heterocycles. The van der Waals surface area contributed by atoms with E-state index in [1.54, 1.807) is 49.7 Å². The van der Waals surface area contributed by atoms with Gasteiger partial charge in [0, 0.05) is 24.7 Å². The van der Waals surface area contributed by atoms with Gasteiger partial charge in [-0.1, -0.05) is 0 Å². The highest BCUT2D eigenvalue weighted by molar-refractivity contribution is 5.82. The Morgan fingerprint density at radius 3 is 3.12 bits per heavy atom. The molecular formula is C11H13N3O3. The van der Waals surface area contributed by atoms with E-state index in [1.807, 2.05) is 0 Å². The zero-order valence-corrected chi connectivity index (χ0v) is 9.58. The van der Waals surface area contributed by atoms with Crippen LogP contribution in [-0.4, -0.2) is 23.5 Å². The average Bonchev–Trinajstić information content (AvgIpc) is 2.28. The molecule has 6 nitrogen and oxygen atoms in total. The van der Waals surface area contributed by atoms with E-state index in [0.717, 1.165) is 0 Å². The van der Waals surface area contributed by atoms with Crippen LogP contribution in [0.5, 0.6) is 0 Å². The molecule has 0 radical (unpaired) electrons. The first-order valence-corrected chi connectivity index (χ1v) is 5.21. The van der Waals surface area contributed by atoms with Crippen LogP contribution >= 0.6 is 0 Å². The third-order valence-electron chi connectivity index (χ3n) is 1.98. The van der Waals surface area contributed by atoms with Crippen LogP contribution in [-0.2, 0) is 9.47 Å². The van der Waals surface area contributed by atoms with E-state index < -0.39 is 6.16 Å². The Hall–Kier alpha value is -2.24. The van der Waals surface area contributed by atoms with Crippen molar-refractivity contribution in [3.63, 3.8) is 0 Å². The number of allylic oxidation sites excluding steroid dienone is 2. The molecule has 0 saturated carbocycles. The predicted octanol–water partition coefficient (Wildman–Crippen LogP) is 1.65. The lowest BCUT2D eigenvalue weighted by atomic mass is 10.3. The van der Waals surface area contributed by atoms with Gasteiger partial charge in [-0.3, -0.25) is 10.0 Å². The number of nitrogens with zero attached hydrogens (tertiary/aromatic N) is 2. The summed E-state index contributed by atoms with van der Waals surface area (Å²) >= 11 is 0. The second kappa shape index (κ2) is 4.73. The Labute approximate surface area is 98.9 Å². The summed E-state index contributed by atoms with van der Waals surface area (Å²) in [6.45, 7) is 3.52. The van der Waals surface area contributed by atoms with Gasteiger partial charge in [0.15, 0.2) is 5.76 Å². The SMILES string of the molecule is CC(C)OC(=O)OC1=C2C=NC=CN2NC=C1. The van der Waals surface area contributed by atoms with Crippen molar-refractivity contribution in [3.8, 4) is 0 Å². The molecule has 0 bridgehead atoms. The Morgan fingerprint density at radius 2 is 2.35 bits per heavy atom. The van der Waals surface area contributed by atoms with Gasteiger partial charge in [-0.25, -0.2) is 4.79 Å². The number of fused-ring (bicyclic) bond motifs is 1. The fourth-order valence-corrected chi connectivity index (χ4v) is 1.33. The van der Waals surface area contributed by atoms with E-state index in [1.165, 1.54) is 0 Å². The summed E-state index contributed by atoms with van der Waals surface area (Å²) in [7, 11) is 0. The van der Waals surface area contributed by atoms with Gasteiger partial charge >= 0.3 is 6.16 Å². The van der Waals surface area contributed by atoms with Crippen molar-refractivity contribution < 1.29 is 14.3 Å². The predicted molar refractivity (Wildman–Crippen MR) is 61.5 cm³/mol. The molecule has 90 valence electrons. The zero-order valence-electron chi connectivity index (χ0n) is 9.58. The van der Waals surface area contributed by atoms with Gasteiger partial charge < -0.3 is 14.9 Å². The minimum atomic E-state index is -0.725. The highest BCUT2D eigenvalue weighted by atomic mass is 16.7. The van der Waals surface area contributed by atoms with Crippen LogP contribution in [0.3, 0.4) is 0 Å². The summed E-state index contributed by atoms with van der Waals surface area (Å²) in [6.07, 6.45) is 7.29. The van der Waals surface area contributed by atoms with Crippen LogP contribution in [0.4, 0.5) is 4.79 Å². The molecule has 2 heterocycles. The van der Waals surface area contributed by atoms with Crippen molar-refractivity contribution in [1.82, 2.24) is 10.4 Å². The number of hydrogen-bond donors (Lipinski definition) is 1. The molecule has 2 aliphatic heterocycles. The quantitative estimate of drug-likeness (QED) is 0.737. The molecule has 0 amide bonds. The van der Waals surface area contributed by atoms with Gasteiger partial charge in [-0.05, 0) is 13.8 Å². The van der Waals surface area contributed by atoms with Crippen molar-refractivity contribution in [3.05, 3.63) is 36.1 Å². The molecule has 0 aromatic rings. The monoisotopic (exact) mass is 235 g/mol. The maximum atomic E-state index is 11.4. The van der Waals surface area contributed by atoms with Crippen LogP contribution in [0.15, 0.2) is 41.1 Å².